The maximum Gasteiger partial charge on any atom is 0.433 e. The Hall–Kier alpha value is -12.9. The number of amides is 4. The van der Waals surface area contributed by atoms with Crippen LogP contribution in [0.3, 0.4) is 0 Å². The number of hydrogen-bond acceptors (Lipinski definition) is 34. The number of rotatable bonds is 18. The van der Waals surface area contributed by atoms with Crippen LogP contribution in [0.25, 0.3) is 22.6 Å². The van der Waals surface area contributed by atoms with Crippen molar-refractivity contribution < 1.29 is 65.2 Å². The van der Waals surface area contributed by atoms with Gasteiger partial charge in [0, 0.05) is 70.9 Å². The molecule has 0 spiro atoms. The van der Waals surface area contributed by atoms with Gasteiger partial charge in [0.25, 0.3) is 23.6 Å². The number of hydrogen-bond donors (Lipinski definition) is 8. The average Bonchev–Trinajstić information content (AvgIpc) is 1.66. The normalized spacial score (nSPS) is 17.0. The van der Waals surface area contributed by atoms with Gasteiger partial charge in [0.2, 0.25) is 23.5 Å². The van der Waals surface area contributed by atoms with Crippen molar-refractivity contribution in [1.29, 1.82) is 0 Å². The highest BCUT2D eigenvalue weighted by atomic mass is 35.5. The van der Waals surface area contributed by atoms with Gasteiger partial charge in [0.1, 0.15) is 100 Å². The second-order valence-corrected chi connectivity index (χ2v) is 29.7. The second-order valence-electron chi connectivity index (χ2n) is 28.9. The lowest BCUT2D eigenvalue weighted by atomic mass is 10.0. The molecule has 12 aromatic rings. The van der Waals surface area contributed by atoms with Gasteiger partial charge in [-0.05, 0) is 71.5 Å². The molecule has 42 nitrogen and oxygen atoms in total. The molecule has 6 fully saturated rings. The summed E-state index contributed by atoms with van der Waals surface area (Å²) < 4.78 is 92.0. The van der Waals surface area contributed by atoms with Gasteiger partial charge in [0.05, 0.1) is 98.1 Å². The summed E-state index contributed by atoms with van der Waals surface area (Å²) in [5.41, 5.74) is 24.0. The van der Waals surface area contributed by atoms with Crippen molar-refractivity contribution in [2.24, 2.45) is 0 Å². The number of likely N-dealkylation sites (tertiary alicyclic amines) is 4. The molecule has 18 heterocycles. The number of nitrogen functional groups attached to an aromatic ring is 4. The smallest absolute Gasteiger partial charge is 0.433 e. The summed E-state index contributed by atoms with van der Waals surface area (Å²) in [6.07, 6.45) is 22.3. The molecule has 12 N–H and O–H groups in total. The zero-order chi connectivity index (χ0) is 84.6. The molecule has 0 atom stereocenters. The molecule has 0 bridgehead atoms. The van der Waals surface area contributed by atoms with Gasteiger partial charge < -0.3 is 82.4 Å². The van der Waals surface area contributed by atoms with E-state index in [2.05, 4.69) is 128 Å². The van der Waals surface area contributed by atoms with Gasteiger partial charge in [-0.2, -0.15) is 33.1 Å². The highest BCUT2D eigenvalue weighted by molar-refractivity contribution is 6.30. The van der Waals surface area contributed by atoms with Crippen molar-refractivity contribution in [3.63, 3.8) is 0 Å². The highest BCUT2D eigenvalue weighted by Crippen LogP contribution is 2.35. The molecule has 121 heavy (non-hydrogen) atoms. The average molecular weight is 1710 g/mol. The number of nitrogens with zero attached hydrogens (tertiary/aromatic N) is 24. The first-order valence-corrected chi connectivity index (χ1v) is 38.9. The van der Waals surface area contributed by atoms with Gasteiger partial charge in [-0.15, -0.1) is 20.4 Å². The van der Waals surface area contributed by atoms with E-state index in [1.165, 1.54) is 83.9 Å². The summed E-state index contributed by atoms with van der Waals surface area (Å²) in [5, 5.41) is 27.5. The number of carbonyl (C=O) groups is 4. The molecule has 4 amide bonds. The van der Waals surface area contributed by atoms with Gasteiger partial charge in [-0.3, -0.25) is 29.0 Å². The minimum atomic E-state index is -4.68. The van der Waals surface area contributed by atoms with Crippen molar-refractivity contribution >= 4 is 115 Å². The van der Waals surface area contributed by atoms with E-state index in [1.807, 2.05) is 7.05 Å². The maximum atomic E-state index is 13.4. The van der Waals surface area contributed by atoms with Crippen molar-refractivity contribution in [2.45, 2.75) is 94.0 Å². The fourth-order valence-electron chi connectivity index (χ4n) is 13.9. The van der Waals surface area contributed by atoms with Crippen LogP contribution >= 0.6 is 23.2 Å². The fourth-order valence-corrected chi connectivity index (χ4v) is 14.2. The number of halogens is 6. The van der Waals surface area contributed by atoms with Crippen LogP contribution in [0.15, 0.2) is 99.5 Å². The third-order valence-electron chi connectivity index (χ3n) is 20.5. The number of anilines is 8. The Morgan fingerprint density at radius 2 is 0.736 bits per heavy atom. The number of aromatic nitrogens is 20. The molecule has 634 valence electrons. The number of carbonyl (C=O) groups excluding carboxylic acids is 4. The Kier molecular flexibility index (Phi) is 25.3. The molecule has 0 aromatic carbocycles. The number of nitrogens with one attached hydrogen (secondary N) is 4. The molecule has 6 aliphatic heterocycles. The number of fused-ring (bicyclic) bond motifs is 4. The maximum absolute atomic E-state index is 13.4. The lowest BCUT2D eigenvalue weighted by molar-refractivity contribution is -0.141. The summed E-state index contributed by atoms with van der Waals surface area (Å²) in [5.74, 6) is -2.09. The van der Waals surface area contributed by atoms with E-state index in [4.69, 9.17) is 74.6 Å². The zero-order valence-corrected chi connectivity index (χ0v) is 66.2. The molecule has 0 saturated carbocycles. The summed E-state index contributed by atoms with van der Waals surface area (Å²) in [4.78, 5) is 109. The molecule has 18 rings (SSSR count). The van der Waals surface area contributed by atoms with Crippen LogP contribution in [0.4, 0.5) is 63.6 Å². The van der Waals surface area contributed by atoms with E-state index in [9.17, 15) is 36.7 Å². The summed E-state index contributed by atoms with van der Waals surface area (Å²) in [6, 6.07) is 1.78. The Bertz CT molecular complexity index is 5560. The van der Waals surface area contributed by atoms with Gasteiger partial charge in [0.15, 0.2) is 51.7 Å². The number of piperidine rings is 4. The first-order chi connectivity index (χ1) is 58.4. The van der Waals surface area contributed by atoms with Gasteiger partial charge >= 0.3 is 6.18 Å². The van der Waals surface area contributed by atoms with E-state index in [0.29, 0.717) is 62.2 Å². The topological polar surface area (TPSA) is 513 Å². The van der Waals surface area contributed by atoms with E-state index in [-0.39, 0.29) is 98.7 Å². The Balaban J connectivity index is 0.000000126. The lowest BCUT2D eigenvalue weighted by Crippen LogP contribution is -2.52. The first kappa shape index (κ1) is 83.2. The van der Waals surface area contributed by atoms with Crippen molar-refractivity contribution in [2.75, 3.05) is 137 Å². The van der Waals surface area contributed by atoms with Crippen LogP contribution in [0.5, 0.6) is 23.5 Å². The molecular formula is C73H80Cl2F4N32O10. The van der Waals surface area contributed by atoms with E-state index in [0.717, 1.165) is 164 Å². The van der Waals surface area contributed by atoms with E-state index < -0.39 is 41.3 Å². The minimum Gasteiger partial charge on any atom is -0.473 e. The Labute approximate surface area is 693 Å². The first-order valence-electron chi connectivity index (χ1n) is 38.1. The van der Waals surface area contributed by atoms with Crippen molar-refractivity contribution in [1.82, 2.24) is 118 Å². The number of nitrogens with two attached hydrogens (primary N) is 4. The number of ether oxygens (including phenoxy) is 6. The molecule has 0 radical (unpaired) electrons. The number of alkyl halides is 3. The van der Waals surface area contributed by atoms with Crippen LogP contribution in [0.1, 0.15) is 98.5 Å². The third-order valence-corrected chi connectivity index (χ3v) is 20.9. The molecule has 0 aliphatic carbocycles. The van der Waals surface area contributed by atoms with E-state index in [1.54, 1.807) is 0 Å². The Morgan fingerprint density at radius 1 is 0.430 bits per heavy atom. The predicted molar refractivity (Wildman–Crippen MR) is 426 cm³/mol. The monoisotopic (exact) mass is 1710 g/mol. The molecule has 0 unspecified atom stereocenters. The standard InChI is InChI=1S/C19H21ClN8O3.C19H21FN8O3.C18H19F3N8O2.C17H19ClN8O2/c2*20-11-5-23-17-15(16(21)26-28(17)7-11)18(29)25-14-6-22-10-24-19(14)31-13-1-3-27(4-2-13)12-8-30-9-12;1-28-5-2-10(3-6-28)31-17-11(8-23-9-24-17)25-16(30)13-14(22)27-29-7-4-12(18(19,20)21)26-15(13)29;1-25-4-2-11(3-5-25)28-17-12(7-20-9-22-17)23-16(27)13-14(19)24-26-8-10(18)6-21-15(13)26/h2*5-7,10,12-13H,1-4,8-9H2,(H2,21,26)(H,25,29);4,7-10H,2-3,5-6H2,1H3,(H2,22,27)(H,25,30);6-9,11H,2-5H2,1H3,(H2,19,24)(H,23,27). The summed E-state index contributed by atoms with van der Waals surface area (Å²) in [7, 11) is 4.10. The van der Waals surface area contributed by atoms with Crippen molar-refractivity contribution in [3.8, 4) is 23.5 Å². The summed E-state index contributed by atoms with van der Waals surface area (Å²) >= 11 is 11.8. The van der Waals surface area contributed by atoms with Crippen molar-refractivity contribution in [3.05, 3.63) is 143 Å². The van der Waals surface area contributed by atoms with Gasteiger partial charge in [-0.25, -0.2) is 62.3 Å². The molecule has 48 heteroatoms. The lowest BCUT2D eigenvalue weighted by Gasteiger charge is -2.41. The fraction of sp³-hybridized carbons (Fsp3) is 0.397. The summed E-state index contributed by atoms with van der Waals surface area (Å²) in [6.45, 7) is 10.6. The van der Waals surface area contributed by atoms with Gasteiger partial charge in [-0.1, -0.05) is 23.2 Å². The SMILES string of the molecule is CN1CCC(Oc2ncncc2NC(=O)c2c(N)nn3cc(Cl)cnc23)CC1.CN1CCC(Oc2ncncc2NC(=O)c2c(N)nn3ccc(C(F)(F)F)nc23)CC1.Nc1nn2cc(Cl)cnc2c1C(=O)Nc1cncnc1OC1CCN(C2COC2)CC1.Nc1nn2cc(F)cnc2c1C(=O)Nc1cncnc1OC1CCN(C2COC2)CC1. The van der Waals surface area contributed by atoms with Crippen LogP contribution in [0.2, 0.25) is 10.0 Å². The van der Waals surface area contributed by atoms with Crippen LogP contribution in [-0.4, -0.2) is 271 Å². The van der Waals surface area contributed by atoms with E-state index >= 15 is 0 Å². The van der Waals surface area contributed by atoms with Crippen LogP contribution in [0, 0.1) is 5.82 Å². The largest absolute Gasteiger partial charge is 0.473 e. The van der Waals surface area contributed by atoms with Crippen LogP contribution < -0.4 is 63.1 Å². The molecule has 12 aromatic heterocycles. The Morgan fingerprint density at radius 3 is 1.06 bits per heavy atom. The van der Waals surface area contributed by atoms with Crippen LogP contribution in [-0.2, 0) is 15.7 Å². The minimum absolute atomic E-state index is 0.00801. The predicted octanol–water partition coefficient (Wildman–Crippen LogP) is 5.31. The highest BCUT2D eigenvalue weighted by Gasteiger charge is 2.37. The second kappa shape index (κ2) is 36.8. The quantitative estimate of drug-likeness (QED) is 0.0504. The molecule has 6 aliphatic rings. The zero-order valence-electron chi connectivity index (χ0n) is 64.7. The molecule has 6 saturated heterocycles. The third kappa shape index (κ3) is 19.7. The molecular weight excluding hydrogens is 1630 g/mol.